The van der Waals surface area contributed by atoms with Gasteiger partial charge in [-0.3, -0.25) is 4.98 Å². The second-order valence-corrected chi connectivity index (χ2v) is 4.45. The molecule has 2 rings (SSSR count). The van der Waals surface area contributed by atoms with Crippen LogP contribution in [-0.4, -0.2) is 11.5 Å². The first-order valence-corrected chi connectivity index (χ1v) is 5.41. The Balaban J connectivity index is 1.85. The lowest BCUT2D eigenvalue weighted by atomic mass is 9.75. The van der Waals surface area contributed by atoms with E-state index in [1.54, 1.807) is 0 Å². The van der Waals surface area contributed by atoms with E-state index in [9.17, 15) is 0 Å². The number of rotatable bonds is 3. The van der Waals surface area contributed by atoms with Crippen molar-refractivity contribution in [3.05, 3.63) is 24.0 Å². The molecule has 1 N–H and O–H groups in total. The molecule has 0 aromatic carbocycles. The molecule has 76 valence electrons. The van der Waals surface area contributed by atoms with Gasteiger partial charge >= 0.3 is 0 Å². The first kappa shape index (κ1) is 9.50. The number of nitrogens with zero attached hydrogens (tertiary/aromatic N) is 1. The Labute approximate surface area is 85.7 Å². The van der Waals surface area contributed by atoms with Gasteiger partial charge in [0.15, 0.2) is 0 Å². The third kappa shape index (κ3) is 2.06. The third-order valence-electron chi connectivity index (χ3n) is 3.24. The van der Waals surface area contributed by atoms with E-state index in [0.717, 1.165) is 24.1 Å². The van der Waals surface area contributed by atoms with Crippen LogP contribution in [0.25, 0.3) is 0 Å². The van der Waals surface area contributed by atoms with Crippen LogP contribution in [0, 0.1) is 18.8 Å². The maximum absolute atomic E-state index is 4.16. The summed E-state index contributed by atoms with van der Waals surface area (Å²) in [4.78, 5) is 4.16. The zero-order valence-corrected chi connectivity index (χ0v) is 8.96. The van der Waals surface area contributed by atoms with Gasteiger partial charge in [0.25, 0.3) is 0 Å². The van der Waals surface area contributed by atoms with Crippen molar-refractivity contribution in [3.63, 3.8) is 0 Å². The average molecular weight is 190 g/mol. The number of hydrogen-bond donors (Lipinski definition) is 1. The summed E-state index contributed by atoms with van der Waals surface area (Å²) in [6.45, 7) is 5.51. The molecular formula is C12H18N2. The predicted molar refractivity (Wildman–Crippen MR) is 59.4 cm³/mol. The Morgan fingerprint density at radius 3 is 2.86 bits per heavy atom. The Bertz CT molecular complexity index is 309. The zero-order chi connectivity index (χ0) is 9.97. The van der Waals surface area contributed by atoms with Gasteiger partial charge in [0.2, 0.25) is 0 Å². The van der Waals surface area contributed by atoms with E-state index in [-0.39, 0.29) is 0 Å². The van der Waals surface area contributed by atoms with Crippen molar-refractivity contribution < 1.29 is 0 Å². The predicted octanol–water partition coefficient (Wildman–Crippen LogP) is 2.85. The lowest BCUT2D eigenvalue weighted by molar-refractivity contribution is 0.210. The van der Waals surface area contributed by atoms with Crippen molar-refractivity contribution >= 4 is 5.69 Å². The molecule has 1 aliphatic carbocycles. The van der Waals surface area contributed by atoms with Gasteiger partial charge in [0, 0.05) is 18.9 Å². The normalized spacial score (nSPS) is 25.6. The summed E-state index contributed by atoms with van der Waals surface area (Å²) in [5.41, 5.74) is 2.38. The van der Waals surface area contributed by atoms with E-state index < -0.39 is 0 Å². The van der Waals surface area contributed by atoms with E-state index in [4.69, 9.17) is 0 Å². The molecule has 1 saturated carbocycles. The second-order valence-electron chi connectivity index (χ2n) is 4.45. The minimum Gasteiger partial charge on any atom is -0.384 e. The van der Waals surface area contributed by atoms with E-state index in [2.05, 4.69) is 30.2 Å². The molecule has 0 radical (unpaired) electrons. The Morgan fingerprint density at radius 1 is 1.43 bits per heavy atom. The minimum atomic E-state index is 0.871. The van der Waals surface area contributed by atoms with E-state index >= 15 is 0 Å². The van der Waals surface area contributed by atoms with Crippen LogP contribution in [-0.2, 0) is 0 Å². The number of nitrogens with one attached hydrogen (secondary N) is 1. The van der Waals surface area contributed by atoms with Crippen LogP contribution in [0.1, 0.15) is 25.3 Å². The minimum absolute atomic E-state index is 0.871. The SMILES string of the molecule is Cc1cncc(NC[C@@H]2CC[C@@H]2C)c1. The maximum atomic E-state index is 4.16. The summed E-state index contributed by atoms with van der Waals surface area (Å²) in [6.07, 6.45) is 6.57. The molecule has 0 saturated heterocycles. The summed E-state index contributed by atoms with van der Waals surface area (Å²) in [5, 5.41) is 3.46. The van der Waals surface area contributed by atoms with Gasteiger partial charge in [-0.1, -0.05) is 13.3 Å². The van der Waals surface area contributed by atoms with Crippen LogP contribution < -0.4 is 5.32 Å². The van der Waals surface area contributed by atoms with Crippen molar-refractivity contribution in [2.45, 2.75) is 26.7 Å². The molecule has 0 amide bonds. The fourth-order valence-corrected chi connectivity index (χ4v) is 1.94. The van der Waals surface area contributed by atoms with Crippen molar-refractivity contribution in [2.24, 2.45) is 11.8 Å². The molecule has 2 nitrogen and oxygen atoms in total. The molecule has 0 spiro atoms. The summed E-state index contributed by atoms with van der Waals surface area (Å²) >= 11 is 0. The first-order chi connectivity index (χ1) is 6.75. The van der Waals surface area contributed by atoms with Gasteiger partial charge in [0.05, 0.1) is 5.69 Å². The molecule has 1 fully saturated rings. The quantitative estimate of drug-likeness (QED) is 0.792. The van der Waals surface area contributed by atoms with Gasteiger partial charge in [0.1, 0.15) is 0 Å². The molecule has 0 bridgehead atoms. The lowest BCUT2D eigenvalue weighted by Gasteiger charge is -2.34. The summed E-state index contributed by atoms with van der Waals surface area (Å²) in [5.74, 6) is 1.77. The molecule has 14 heavy (non-hydrogen) atoms. The molecule has 1 aromatic heterocycles. The Morgan fingerprint density at radius 2 is 2.29 bits per heavy atom. The molecule has 1 heterocycles. The fraction of sp³-hybridized carbons (Fsp3) is 0.583. The van der Waals surface area contributed by atoms with Crippen LogP contribution in [0.5, 0.6) is 0 Å². The van der Waals surface area contributed by atoms with E-state index in [0.29, 0.717) is 0 Å². The van der Waals surface area contributed by atoms with Crippen LogP contribution >= 0.6 is 0 Å². The smallest absolute Gasteiger partial charge is 0.0529 e. The fourth-order valence-electron chi connectivity index (χ4n) is 1.94. The van der Waals surface area contributed by atoms with Gasteiger partial charge in [-0.2, -0.15) is 0 Å². The monoisotopic (exact) mass is 190 g/mol. The van der Waals surface area contributed by atoms with Gasteiger partial charge < -0.3 is 5.32 Å². The lowest BCUT2D eigenvalue weighted by Crippen LogP contribution is -2.29. The van der Waals surface area contributed by atoms with Crippen molar-refractivity contribution in [2.75, 3.05) is 11.9 Å². The van der Waals surface area contributed by atoms with E-state index in [1.807, 2.05) is 12.4 Å². The number of hydrogen-bond acceptors (Lipinski definition) is 2. The molecule has 1 aromatic rings. The number of aryl methyl sites for hydroxylation is 1. The molecule has 0 aliphatic heterocycles. The highest BCUT2D eigenvalue weighted by Gasteiger charge is 2.25. The van der Waals surface area contributed by atoms with Gasteiger partial charge in [-0.25, -0.2) is 0 Å². The first-order valence-electron chi connectivity index (χ1n) is 5.41. The summed E-state index contributed by atoms with van der Waals surface area (Å²) in [6, 6.07) is 2.15. The number of pyridine rings is 1. The number of aromatic nitrogens is 1. The molecule has 2 heteroatoms. The summed E-state index contributed by atoms with van der Waals surface area (Å²) in [7, 11) is 0. The standard InChI is InChI=1S/C12H18N2/c1-9-5-12(8-13-6-9)14-7-11-4-3-10(11)2/h5-6,8,10-11,14H,3-4,7H2,1-2H3/t10-,11-/m0/s1. The third-order valence-corrected chi connectivity index (χ3v) is 3.24. The number of anilines is 1. The molecular weight excluding hydrogens is 172 g/mol. The van der Waals surface area contributed by atoms with E-state index in [1.165, 1.54) is 18.4 Å². The molecule has 2 atom stereocenters. The second kappa shape index (κ2) is 3.99. The largest absolute Gasteiger partial charge is 0.384 e. The topological polar surface area (TPSA) is 24.9 Å². The highest BCUT2D eigenvalue weighted by Crippen LogP contribution is 2.33. The van der Waals surface area contributed by atoms with Crippen molar-refractivity contribution in [1.82, 2.24) is 4.98 Å². The Hall–Kier alpha value is -1.05. The molecule has 0 unspecified atom stereocenters. The van der Waals surface area contributed by atoms with Crippen molar-refractivity contribution in [1.29, 1.82) is 0 Å². The zero-order valence-electron chi connectivity index (χ0n) is 8.96. The van der Waals surface area contributed by atoms with Gasteiger partial charge in [-0.15, -0.1) is 0 Å². The summed E-state index contributed by atoms with van der Waals surface area (Å²) < 4.78 is 0. The highest BCUT2D eigenvalue weighted by molar-refractivity contribution is 5.42. The maximum Gasteiger partial charge on any atom is 0.0529 e. The van der Waals surface area contributed by atoms with Crippen LogP contribution in [0.2, 0.25) is 0 Å². The van der Waals surface area contributed by atoms with Crippen LogP contribution in [0.15, 0.2) is 18.5 Å². The average Bonchev–Trinajstić information content (AvgIpc) is 2.16. The van der Waals surface area contributed by atoms with Crippen LogP contribution in [0.4, 0.5) is 5.69 Å². The Kier molecular flexibility index (Phi) is 2.71. The molecule has 1 aliphatic rings. The van der Waals surface area contributed by atoms with Crippen LogP contribution in [0.3, 0.4) is 0 Å². The highest BCUT2D eigenvalue weighted by atomic mass is 14.9. The van der Waals surface area contributed by atoms with Crippen molar-refractivity contribution in [3.8, 4) is 0 Å². The van der Waals surface area contributed by atoms with Gasteiger partial charge in [-0.05, 0) is 36.8 Å².